The number of nitrogens with one attached hydrogen (secondary N) is 1. The minimum Gasteiger partial charge on any atom is -0.326 e. The molecule has 1 N–H and O–H groups in total. The van der Waals surface area contributed by atoms with Gasteiger partial charge in [0.2, 0.25) is 11.1 Å². The van der Waals surface area contributed by atoms with Crippen molar-refractivity contribution in [3.8, 4) is 0 Å². The van der Waals surface area contributed by atoms with Gasteiger partial charge in [-0.25, -0.2) is 9.50 Å². The third kappa shape index (κ3) is 3.83. The highest BCUT2D eigenvalue weighted by atomic mass is 35.5. The highest BCUT2D eigenvalue weighted by Gasteiger charge is 2.15. The van der Waals surface area contributed by atoms with Crippen molar-refractivity contribution in [3.05, 3.63) is 45.7 Å². The van der Waals surface area contributed by atoms with E-state index in [-0.39, 0.29) is 5.91 Å². The number of benzene rings is 1. The van der Waals surface area contributed by atoms with Crippen LogP contribution < -0.4 is 5.32 Å². The number of halogens is 1. The predicted molar refractivity (Wildman–Crippen MR) is 105 cm³/mol. The highest BCUT2D eigenvalue weighted by molar-refractivity contribution is 7.98. The molecule has 1 amide bonds. The van der Waals surface area contributed by atoms with E-state index in [4.69, 9.17) is 11.6 Å². The first-order valence-electron chi connectivity index (χ1n) is 8.22. The third-order valence-electron chi connectivity index (χ3n) is 4.29. The van der Waals surface area contributed by atoms with Crippen LogP contribution in [0, 0.1) is 20.8 Å². The number of rotatable bonds is 5. The van der Waals surface area contributed by atoms with Crippen LogP contribution in [0.15, 0.2) is 23.4 Å². The van der Waals surface area contributed by atoms with E-state index in [1.165, 1.54) is 11.8 Å². The van der Waals surface area contributed by atoms with Crippen LogP contribution in [0.4, 0.5) is 5.69 Å². The maximum Gasteiger partial charge on any atom is 0.253 e. The molecular formula is C18H20ClN5OS. The molecule has 3 rings (SSSR count). The zero-order valence-corrected chi connectivity index (χ0v) is 16.7. The molecule has 0 spiro atoms. The molecule has 0 aliphatic carbocycles. The first-order valence-corrected chi connectivity index (χ1v) is 9.82. The van der Waals surface area contributed by atoms with Crippen molar-refractivity contribution in [1.82, 2.24) is 19.6 Å². The number of anilines is 1. The van der Waals surface area contributed by atoms with Gasteiger partial charge >= 0.3 is 0 Å². The molecule has 2 heterocycles. The zero-order valence-electron chi connectivity index (χ0n) is 15.1. The summed E-state index contributed by atoms with van der Waals surface area (Å²) >= 11 is 7.49. The van der Waals surface area contributed by atoms with E-state index in [9.17, 15) is 4.79 Å². The van der Waals surface area contributed by atoms with E-state index < -0.39 is 0 Å². The Bertz CT molecular complexity index is 985. The molecule has 0 radical (unpaired) electrons. The molecule has 26 heavy (non-hydrogen) atoms. The van der Waals surface area contributed by atoms with Crippen LogP contribution in [0.2, 0.25) is 5.02 Å². The Kier molecular flexibility index (Phi) is 5.48. The van der Waals surface area contributed by atoms with Crippen molar-refractivity contribution in [2.24, 2.45) is 0 Å². The number of thioether (sulfide) groups is 1. The summed E-state index contributed by atoms with van der Waals surface area (Å²) in [6.45, 7) is 5.86. The Morgan fingerprint density at radius 2 is 2.04 bits per heavy atom. The van der Waals surface area contributed by atoms with Crippen LogP contribution in [0.25, 0.3) is 5.78 Å². The molecule has 3 aromatic rings. The first-order chi connectivity index (χ1) is 12.4. The SMILES string of the molecule is CSc1nc2nc(C)c(CCC(=O)Nc3cc(Cl)ccc3C)c(C)n2n1. The molecule has 0 bridgehead atoms. The number of carbonyl (C=O) groups excluding carboxylic acids is 1. The van der Waals surface area contributed by atoms with E-state index in [0.29, 0.717) is 28.8 Å². The summed E-state index contributed by atoms with van der Waals surface area (Å²) in [6.07, 6.45) is 2.87. The molecule has 6 nitrogen and oxygen atoms in total. The molecule has 2 aromatic heterocycles. The summed E-state index contributed by atoms with van der Waals surface area (Å²) in [4.78, 5) is 21.3. The molecule has 0 saturated carbocycles. The Labute approximate surface area is 161 Å². The van der Waals surface area contributed by atoms with Crippen LogP contribution in [0.3, 0.4) is 0 Å². The van der Waals surface area contributed by atoms with Gasteiger partial charge in [0.15, 0.2) is 0 Å². The maximum absolute atomic E-state index is 12.4. The van der Waals surface area contributed by atoms with Crippen molar-refractivity contribution in [1.29, 1.82) is 0 Å². The van der Waals surface area contributed by atoms with E-state index in [1.807, 2.05) is 33.1 Å². The van der Waals surface area contributed by atoms with E-state index in [0.717, 1.165) is 28.2 Å². The monoisotopic (exact) mass is 389 g/mol. The Morgan fingerprint density at radius 1 is 1.27 bits per heavy atom. The standard InChI is InChI=1S/C18H20ClN5OS/c1-10-5-6-13(19)9-15(10)21-16(25)8-7-14-11(2)20-17-22-18(26-4)23-24(17)12(14)3/h5-6,9H,7-8H2,1-4H3,(H,21,25). The minimum absolute atomic E-state index is 0.0577. The lowest BCUT2D eigenvalue weighted by Gasteiger charge is -2.11. The Morgan fingerprint density at radius 3 is 2.77 bits per heavy atom. The Hall–Kier alpha value is -2.12. The van der Waals surface area contributed by atoms with Crippen molar-refractivity contribution < 1.29 is 4.79 Å². The van der Waals surface area contributed by atoms with Gasteiger partial charge in [-0.3, -0.25) is 4.79 Å². The molecule has 0 fully saturated rings. The summed E-state index contributed by atoms with van der Waals surface area (Å²) in [7, 11) is 0. The lowest BCUT2D eigenvalue weighted by molar-refractivity contribution is -0.116. The van der Waals surface area contributed by atoms with E-state index in [2.05, 4.69) is 20.4 Å². The quantitative estimate of drug-likeness (QED) is 0.668. The van der Waals surface area contributed by atoms with Gasteiger partial charge in [0.25, 0.3) is 5.78 Å². The molecule has 8 heteroatoms. The zero-order chi connectivity index (χ0) is 18.8. The van der Waals surface area contributed by atoms with Crippen LogP contribution in [0.1, 0.15) is 28.9 Å². The summed E-state index contributed by atoms with van der Waals surface area (Å²) < 4.78 is 1.74. The number of carbonyl (C=O) groups is 1. The maximum atomic E-state index is 12.4. The van der Waals surface area contributed by atoms with Crippen molar-refractivity contribution >= 4 is 40.7 Å². The van der Waals surface area contributed by atoms with Crippen molar-refractivity contribution in [2.75, 3.05) is 11.6 Å². The summed E-state index contributed by atoms with van der Waals surface area (Å²) in [6, 6.07) is 5.46. The lowest BCUT2D eigenvalue weighted by atomic mass is 10.1. The average Bonchev–Trinajstić information content (AvgIpc) is 3.01. The van der Waals surface area contributed by atoms with Gasteiger partial charge in [0.1, 0.15) is 0 Å². The second-order valence-electron chi connectivity index (χ2n) is 6.08. The number of amides is 1. The minimum atomic E-state index is -0.0577. The van der Waals surface area contributed by atoms with Gasteiger partial charge in [-0.2, -0.15) is 4.98 Å². The smallest absolute Gasteiger partial charge is 0.253 e. The average molecular weight is 390 g/mol. The van der Waals surface area contributed by atoms with Gasteiger partial charge in [-0.15, -0.1) is 5.10 Å². The number of hydrogen-bond acceptors (Lipinski definition) is 5. The molecule has 0 aliphatic heterocycles. The number of fused-ring (bicyclic) bond motifs is 1. The summed E-state index contributed by atoms with van der Waals surface area (Å²) in [5.41, 5.74) is 4.58. The van der Waals surface area contributed by atoms with Crippen molar-refractivity contribution in [2.45, 2.75) is 38.8 Å². The normalized spacial score (nSPS) is 11.1. The fourth-order valence-corrected chi connectivity index (χ4v) is 3.33. The van der Waals surface area contributed by atoms with Crippen LogP contribution in [-0.4, -0.2) is 31.7 Å². The molecule has 136 valence electrons. The highest BCUT2D eigenvalue weighted by Crippen LogP contribution is 2.21. The molecule has 1 aromatic carbocycles. The van der Waals surface area contributed by atoms with Crippen molar-refractivity contribution in [3.63, 3.8) is 0 Å². The Balaban J connectivity index is 1.76. The van der Waals surface area contributed by atoms with Gasteiger partial charge in [-0.1, -0.05) is 29.4 Å². The number of aryl methyl sites for hydroxylation is 3. The first kappa shape index (κ1) is 18.7. The van der Waals surface area contributed by atoms with Crippen LogP contribution >= 0.6 is 23.4 Å². The molecule has 0 aliphatic rings. The summed E-state index contributed by atoms with van der Waals surface area (Å²) in [5, 5.41) is 8.65. The second-order valence-corrected chi connectivity index (χ2v) is 7.29. The second kappa shape index (κ2) is 7.63. The van der Waals surface area contributed by atoms with Gasteiger partial charge in [0.05, 0.1) is 0 Å². The number of aromatic nitrogens is 4. The van der Waals surface area contributed by atoms with E-state index >= 15 is 0 Å². The lowest BCUT2D eigenvalue weighted by Crippen LogP contribution is -2.15. The molecular weight excluding hydrogens is 370 g/mol. The number of nitrogens with zero attached hydrogens (tertiary/aromatic N) is 4. The van der Waals surface area contributed by atoms with Gasteiger partial charge in [-0.05, 0) is 56.7 Å². The fraction of sp³-hybridized carbons (Fsp3) is 0.333. The third-order valence-corrected chi connectivity index (χ3v) is 5.06. The predicted octanol–water partition coefficient (Wildman–Crippen LogP) is 4.00. The van der Waals surface area contributed by atoms with Crippen LogP contribution in [-0.2, 0) is 11.2 Å². The van der Waals surface area contributed by atoms with Crippen LogP contribution in [0.5, 0.6) is 0 Å². The summed E-state index contributed by atoms with van der Waals surface area (Å²) in [5.74, 6) is 0.532. The molecule has 0 atom stereocenters. The largest absolute Gasteiger partial charge is 0.326 e. The number of hydrogen-bond donors (Lipinski definition) is 1. The molecule has 0 unspecified atom stereocenters. The van der Waals surface area contributed by atoms with Gasteiger partial charge < -0.3 is 5.32 Å². The topological polar surface area (TPSA) is 72.2 Å². The fourth-order valence-electron chi connectivity index (χ4n) is 2.82. The van der Waals surface area contributed by atoms with E-state index in [1.54, 1.807) is 16.6 Å². The van der Waals surface area contributed by atoms with Gasteiger partial charge in [0, 0.05) is 28.5 Å². The molecule has 0 saturated heterocycles.